The van der Waals surface area contributed by atoms with Gasteiger partial charge < -0.3 is 0 Å². The molecule has 4 heteroatoms. The number of hydrogen-bond donors (Lipinski definition) is 0. The van der Waals surface area contributed by atoms with Gasteiger partial charge in [-0.3, -0.25) is 4.98 Å². The van der Waals surface area contributed by atoms with E-state index in [0.717, 1.165) is 43.2 Å². The zero-order valence-electron chi connectivity index (χ0n) is 14.7. The van der Waals surface area contributed by atoms with Crippen molar-refractivity contribution < 1.29 is 0 Å². The number of para-hydroxylation sites is 1. The Morgan fingerprint density at radius 1 is 0.815 bits per heavy atom. The third kappa shape index (κ3) is 2.73. The molecule has 3 nitrogen and oxygen atoms in total. The number of aromatic nitrogens is 3. The van der Waals surface area contributed by atoms with Crippen LogP contribution in [0.15, 0.2) is 83.5 Å². The molecular weight excluding hydrogens is 398 g/mol. The summed E-state index contributed by atoms with van der Waals surface area (Å²) in [6.45, 7) is 2.09. The van der Waals surface area contributed by atoms with Crippen LogP contribution in [0.25, 0.3) is 38.8 Å². The number of pyridine rings is 1. The Labute approximate surface area is 165 Å². The molecule has 5 rings (SSSR count). The second-order valence-electron chi connectivity index (χ2n) is 6.64. The Bertz CT molecular complexity index is 1270. The van der Waals surface area contributed by atoms with E-state index in [2.05, 4.69) is 76.4 Å². The molecule has 0 radical (unpaired) electrons. The van der Waals surface area contributed by atoms with Crippen molar-refractivity contribution in [3.8, 4) is 16.9 Å². The van der Waals surface area contributed by atoms with Gasteiger partial charge in [0.25, 0.3) is 0 Å². The summed E-state index contributed by atoms with van der Waals surface area (Å²) in [5.41, 5.74) is 6.35. The van der Waals surface area contributed by atoms with Crippen molar-refractivity contribution in [2.75, 3.05) is 0 Å². The molecule has 0 unspecified atom stereocenters. The molecule has 0 amide bonds. The molecule has 3 aromatic carbocycles. The Balaban J connectivity index is 1.88. The highest BCUT2D eigenvalue weighted by Gasteiger charge is 2.16. The van der Waals surface area contributed by atoms with E-state index in [-0.39, 0.29) is 0 Å². The number of nitrogens with zero attached hydrogens (tertiary/aromatic N) is 3. The maximum atomic E-state index is 5.00. The standard InChI is InChI=1S/C23H16BrN3/c1-15-6-12-18(13-7-15)27-23-19-4-2-3-5-21(19)25-14-20(23)22(26-27)16-8-10-17(24)11-9-16/h2-14H,1H3. The van der Waals surface area contributed by atoms with Gasteiger partial charge in [0.2, 0.25) is 0 Å². The molecule has 2 aromatic heterocycles. The molecule has 0 bridgehead atoms. The maximum absolute atomic E-state index is 5.00. The summed E-state index contributed by atoms with van der Waals surface area (Å²) in [6.07, 6.45) is 1.94. The first-order valence-corrected chi connectivity index (χ1v) is 9.59. The second-order valence-corrected chi connectivity index (χ2v) is 7.56. The molecule has 0 N–H and O–H groups in total. The minimum atomic E-state index is 0.941. The normalized spacial score (nSPS) is 11.3. The number of rotatable bonds is 2. The van der Waals surface area contributed by atoms with Gasteiger partial charge in [0.15, 0.2) is 0 Å². The number of hydrogen-bond acceptors (Lipinski definition) is 2. The highest BCUT2D eigenvalue weighted by Crippen LogP contribution is 2.34. The first kappa shape index (κ1) is 16.2. The van der Waals surface area contributed by atoms with Gasteiger partial charge in [0.1, 0.15) is 5.69 Å². The number of fused-ring (bicyclic) bond motifs is 3. The van der Waals surface area contributed by atoms with Gasteiger partial charge in [-0.05, 0) is 37.3 Å². The summed E-state index contributed by atoms with van der Waals surface area (Å²) in [5, 5.41) is 7.16. The number of aryl methyl sites for hydroxylation is 1. The first-order valence-electron chi connectivity index (χ1n) is 8.80. The predicted octanol–water partition coefficient (Wildman–Crippen LogP) is 6.31. The lowest BCUT2D eigenvalue weighted by atomic mass is 10.1. The van der Waals surface area contributed by atoms with Crippen molar-refractivity contribution in [3.63, 3.8) is 0 Å². The van der Waals surface area contributed by atoms with E-state index < -0.39 is 0 Å². The second kappa shape index (κ2) is 6.32. The zero-order chi connectivity index (χ0) is 18.4. The minimum Gasteiger partial charge on any atom is -0.255 e. The van der Waals surface area contributed by atoms with Crippen LogP contribution in [0.1, 0.15) is 5.56 Å². The van der Waals surface area contributed by atoms with Crippen LogP contribution < -0.4 is 0 Å². The van der Waals surface area contributed by atoms with E-state index in [4.69, 9.17) is 5.10 Å². The maximum Gasteiger partial charge on any atom is 0.102 e. The monoisotopic (exact) mass is 413 g/mol. The summed E-state index contributed by atoms with van der Waals surface area (Å²) in [4.78, 5) is 4.67. The van der Waals surface area contributed by atoms with Crippen molar-refractivity contribution in [1.29, 1.82) is 0 Å². The molecule has 2 heterocycles. The van der Waals surface area contributed by atoms with E-state index in [1.165, 1.54) is 5.56 Å². The molecule has 5 aromatic rings. The van der Waals surface area contributed by atoms with Crippen molar-refractivity contribution in [2.45, 2.75) is 6.92 Å². The predicted molar refractivity (Wildman–Crippen MR) is 114 cm³/mol. The van der Waals surface area contributed by atoms with E-state index in [0.29, 0.717) is 0 Å². The fourth-order valence-corrected chi connectivity index (χ4v) is 3.69. The summed E-state index contributed by atoms with van der Waals surface area (Å²) in [7, 11) is 0. The average molecular weight is 414 g/mol. The SMILES string of the molecule is Cc1ccc(-n2nc(-c3ccc(Br)cc3)c3cnc4ccccc4c32)cc1. The molecule has 0 saturated carbocycles. The Hall–Kier alpha value is -2.98. The molecule has 130 valence electrons. The lowest BCUT2D eigenvalue weighted by Gasteiger charge is -2.06. The van der Waals surface area contributed by atoms with Gasteiger partial charge in [-0.25, -0.2) is 4.68 Å². The van der Waals surface area contributed by atoms with Crippen LogP contribution in [0.2, 0.25) is 0 Å². The molecule has 0 saturated heterocycles. The molecule has 0 fully saturated rings. The first-order chi connectivity index (χ1) is 13.2. The highest BCUT2D eigenvalue weighted by atomic mass is 79.9. The largest absolute Gasteiger partial charge is 0.255 e. The third-order valence-electron chi connectivity index (χ3n) is 4.81. The molecule has 0 aliphatic rings. The van der Waals surface area contributed by atoms with E-state index >= 15 is 0 Å². The topological polar surface area (TPSA) is 30.7 Å². The Morgan fingerprint density at radius 2 is 1.56 bits per heavy atom. The minimum absolute atomic E-state index is 0.941. The lowest BCUT2D eigenvalue weighted by Crippen LogP contribution is -1.97. The van der Waals surface area contributed by atoms with Gasteiger partial charge in [-0.1, -0.05) is 64.0 Å². The van der Waals surface area contributed by atoms with Crippen molar-refractivity contribution in [1.82, 2.24) is 14.8 Å². The molecule has 0 aliphatic heterocycles. The van der Waals surface area contributed by atoms with Crippen molar-refractivity contribution in [2.24, 2.45) is 0 Å². The van der Waals surface area contributed by atoms with Gasteiger partial charge in [-0.15, -0.1) is 0 Å². The fraction of sp³-hybridized carbons (Fsp3) is 0.0435. The molecule has 0 atom stereocenters. The van der Waals surface area contributed by atoms with Crippen molar-refractivity contribution >= 4 is 37.7 Å². The van der Waals surface area contributed by atoms with Gasteiger partial charge in [0.05, 0.1) is 16.7 Å². The van der Waals surface area contributed by atoms with E-state index in [1.54, 1.807) is 0 Å². The number of halogens is 1. The van der Waals surface area contributed by atoms with E-state index in [9.17, 15) is 0 Å². The Kier molecular flexibility index (Phi) is 3.80. The smallest absolute Gasteiger partial charge is 0.102 e. The van der Waals surface area contributed by atoms with Gasteiger partial charge in [0, 0.05) is 27.0 Å². The fourth-order valence-electron chi connectivity index (χ4n) is 3.43. The van der Waals surface area contributed by atoms with Crippen molar-refractivity contribution in [3.05, 3.63) is 89.0 Å². The molecule has 0 spiro atoms. The van der Waals surface area contributed by atoms with Crippen LogP contribution in [0.5, 0.6) is 0 Å². The van der Waals surface area contributed by atoms with Gasteiger partial charge in [-0.2, -0.15) is 5.10 Å². The van der Waals surface area contributed by atoms with Crippen LogP contribution in [0, 0.1) is 6.92 Å². The van der Waals surface area contributed by atoms with Crippen LogP contribution in [-0.4, -0.2) is 14.8 Å². The summed E-state index contributed by atoms with van der Waals surface area (Å²) in [5.74, 6) is 0. The summed E-state index contributed by atoms with van der Waals surface area (Å²) < 4.78 is 3.09. The van der Waals surface area contributed by atoms with Crippen LogP contribution in [0.4, 0.5) is 0 Å². The van der Waals surface area contributed by atoms with Crippen LogP contribution >= 0.6 is 15.9 Å². The molecular formula is C23H16BrN3. The Morgan fingerprint density at radius 3 is 2.33 bits per heavy atom. The van der Waals surface area contributed by atoms with Crippen LogP contribution in [0.3, 0.4) is 0 Å². The summed E-state index contributed by atoms with van der Waals surface area (Å²) in [6, 6.07) is 24.9. The highest BCUT2D eigenvalue weighted by molar-refractivity contribution is 9.10. The van der Waals surface area contributed by atoms with Crippen LogP contribution in [-0.2, 0) is 0 Å². The molecule has 0 aliphatic carbocycles. The quantitative estimate of drug-likeness (QED) is 0.339. The third-order valence-corrected chi connectivity index (χ3v) is 5.34. The zero-order valence-corrected chi connectivity index (χ0v) is 16.3. The van der Waals surface area contributed by atoms with Gasteiger partial charge >= 0.3 is 0 Å². The average Bonchev–Trinajstić information content (AvgIpc) is 3.09. The lowest BCUT2D eigenvalue weighted by molar-refractivity contribution is 0.917. The summed E-state index contributed by atoms with van der Waals surface area (Å²) >= 11 is 3.51. The molecule has 27 heavy (non-hydrogen) atoms. The number of benzene rings is 3. The van der Waals surface area contributed by atoms with E-state index in [1.807, 2.05) is 35.1 Å².